The van der Waals surface area contributed by atoms with Gasteiger partial charge in [0.15, 0.2) is 5.78 Å². The number of halogens is 1. The second kappa shape index (κ2) is 11.9. The lowest BCUT2D eigenvalue weighted by atomic mass is 9.69. The van der Waals surface area contributed by atoms with Crippen molar-refractivity contribution in [3.05, 3.63) is 11.8 Å². The van der Waals surface area contributed by atoms with Crippen molar-refractivity contribution in [1.29, 1.82) is 0 Å². The van der Waals surface area contributed by atoms with Crippen LogP contribution in [-0.4, -0.2) is 102 Å². The molecule has 0 radical (unpaired) electrons. The summed E-state index contributed by atoms with van der Waals surface area (Å²) in [5.74, 6) is -1.30. The molecule has 8 unspecified atom stereocenters. The number of unbranched alkanes of at least 4 members (excludes halogenated alkanes) is 1. The van der Waals surface area contributed by atoms with E-state index in [9.17, 15) is 14.4 Å². The molecule has 0 aromatic carbocycles. The Labute approximate surface area is 236 Å². The van der Waals surface area contributed by atoms with Crippen molar-refractivity contribution in [3.63, 3.8) is 0 Å². The monoisotopic (exact) mass is 563 g/mol. The number of alkyl carbamates (subject to hydrolysis) is 1. The maximum Gasteiger partial charge on any atom is 0.407 e. The van der Waals surface area contributed by atoms with E-state index in [4.69, 9.17) is 15.2 Å². The minimum Gasteiger partial charge on any atom is -0.444 e. The van der Waals surface area contributed by atoms with Crippen molar-refractivity contribution < 1.29 is 28.2 Å². The standard InChI is InChI=1S/C29H46FN5O5/c1-29(2,3)40-28(38)33-17-10-13-34(15-17)24-20(30)14-18-23-26(24)39-22-9-5-4-8-21(22)35(23)16-19(25(18)36)27(37)32-12-7-6-11-31/h16-18,20-24,26H,4-15,31H2,1-3H3,(H,32,37)(H,33,38). The Kier molecular flexibility index (Phi) is 8.73. The number of fused-ring (bicyclic) bond motifs is 2. The SMILES string of the molecule is CC(C)(C)OC(=O)NC1CCN(C2C(F)CC3C(=O)C(C(=O)NCCCCN)=CN4C5CCCCC5OC2C34)C1. The van der Waals surface area contributed by atoms with Gasteiger partial charge in [0.1, 0.15) is 11.8 Å². The van der Waals surface area contributed by atoms with Crippen molar-refractivity contribution >= 4 is 17.8 Å². The molecule has 0 aromatic rings. The molecule has 5 aliphatic rings. The summed E-state index contributed by atoms with van der Waals surface area (Å²) in [4.78, 5) is 43.4. The number of nitrogens with zero attached hydrogens (tertiary/aromatic N) is 2. The summed E-state index contributed by atoms with van der Waals surface area (Å²) in [6.07, 6.45) is 5.62. The van der Waals surface area contributed by atoms with Crippen LogP contribution < -0.4 is 16.4 Å². The Morgan fingerprint density at radius 2 is 1.95 bits per heavy atom. The van der Waals surface area contributed by atoms with E-state index in [1.807, 2.05) is 20.8 Å². The highest BCUT2D eigenvalue weighted by Gasteiger charge is 2.59. The van der Waals surface area contributed by atoms with Gasteiger partial charge in [-0.15, -0.1) is 0 Å². The van der Waals surface area contributed by atoms with Gasteiger partial charge < -0.3 is 30.7 Å². The van der Waals surface area contributed by atoms with Gasteiger partial charge in [-0.1, -0.05) is 12.8 Å². The third-order valence-corrected chi connectivity index (χ3v) is 9.07. The van der Waals surface area contributed by atoms with Crippen molar-refractivity contribution in [3.8, 4) is 0 Å². The lowest BCUT2D eigenvalue weighted by Crippen LogP contribution is -2.73. The number of Topliss-reactive ketones (excluding diaryl/α,β-unsaturated/α-hetero) is 1. The van der Waals surface area contributed by atoms with Gasteiger partial charge in [-0.3, -0.25) is 14.5 Å². The maximum absolute atomic E-state index is 16.1. The summed E-state index contributed by atoms with van der Waals surface area (Å²) >= 11 is 0. The smallest absolute Gasteiger partial charge is 0.407 e. The van der Waals surface area contributed by atoms with Crippen molar-refractivity contribution in [2.24, 2.45) is 11.7 Å². The molecule has 2 amide bonds. The van der Waals surface area contributed by atoms with Crippen LogP contribution in [0.2, 0.25) is 0 Å². The highest BCUT2D eigenvalue weighted by atomic mass is 19.1. The molecule has 10 nitrogen and oxygen atoms in total. The number of likely N-dealkylation sites (tertiary alicyclic amines) is 1. The van der Waals surface area contributed by atoms with Gasteiger partial charge in [0.25, 0.3) is 5.91 Å². The Bertz CT molecular complexity index is 1000. The number of morpholine rings is 1. The molecule has 3 aliphatic heterocycles. The number of ether oxygens (including phenoxy) is 2. The van der Waals surface area contributed by atoms with Crippen LogP contribution in [0.25, 0.3) is 0 Å². The first kappa shape index (κ1) is 29.3. The van der Waals surface area contributed by atoms with Crippen LogP contribution in [0, 0.1) is 5.92 Å². The molecule has 3 heterocycles. The van der Waals surface area contributed by atoms with E-state index in [2.05, 4.69) is 20.4 Å². The Balaban J connectivity index is 1.35. The fourth-order valence-electron chi connectivity index (χ4n) is 7.38. The average molecular weight is 564 g/mol. The fourth-order valence-corrected chi connectivity index (χ4v) is 7.38. The number of ketones is 1. The molecule has 8 atom stereocenters. The molecular weight excluding hydrogens is 517 g/mol. The predicted molar refractivity (Wildman–Crippen MR) is 147 cm³/mol. The van der Waals surface area contributed by atoms with E-state index in [1.54, 1.807) is 6.20 Å². The van der Waals surface area contributed by atoms with Crippen LogP contribution in [0.15, 0.2) is 11.8 Å². The van der Waals surface area contributed by atoms with Crippen LogP contribution in [0.1, 0.15) is 72.1 Å². The number of nitrogens with one attached hydrogen (secondary N) is 2. The average Bonchev–Trinajstić information content (AvgIpc) is 3.34. The molecule has 0 aromatic heterocycles. The lowest BCUT2D eigenvalue weighted by molar-refractivity contribution is -0.209. The van der Waals surface area contributed by atoms with E-state index in [-0.39, 0.29) is 47.9 Å². The summed E-state index contributed by atoms with van der Waals surface area (Å²) < 4.78 is 28.3. The number of carbonyl (C=O) groups excluding carboxylic acids is 3. The zero-order valence-electron chi connectivity index (χ0n) is 24.1. The molecule has 2 aliphatic carbocycles. The van der Waals surface area contributed by atoms with E-state index in [0.717, 1.165) is 38.5 Å². The van der Waals surface area contributed by atoms with Gasteiger partial charge in [-0.25, -0.2) is 9.18 Å². The van der Waals surface area contributed by atoms with Crippen molar-refractivity contribution in [2.45, 2.75) is 120 Å². The Hall–Kier alpha value is -2.24. The third kappa shape index (κ3) is 6.01. The topological polar surface area (TPSA) is 126 Å². The van der Waals surface area contributed by atoms with E-state index < -0.39 is 35.9 Å². The summed E-state index contributed by atoms with van der Waals surface area (Å²) in [5.41, 5.74) is 5.10. The van der Waals surface area contributed by atoms with E-state index >= 15 is 4.39 Å². The first-order valence-electron chi connectivity index (χ1n) is 15.1. The van der Waals surface area contributed by atoms with Gasteiger partial charge >= 0.3 is 6.09 Å². The molecule has 2 saturated carbocycles. The molecule has 4 N–H and O–H groups in total. The van der Waals surface area contributed by atoms with Gasteiger partial charge in [0.05, 0.1) is 35.9 Å². The van der Waals surface area contributed by atoms with Crippen LogP contribution >= 0.6 is 0 Å². The molecule has 11 heteroatoms. The van der Waals surface area contributed by atoms with Crippen LogP contribution in [0.5, 0.6) is 0 Å². The number of hydrogen-bond donors (Lipinski definition) is 3. The highest BCUT2D eigenvalue weighted by molar-refractivity contribution is 6.20. The molecule has 0 spiro atoms. The van der Waals surface area contributed by atoms with Crippen LogP contribution in [0.3, 0.4) is 0 Å². The first-order valence-corrected chi connectivity index (χ1v) is 15.1. The number of carbonyl (C=O) groups is 3. The Morgan fingerprint density at radius 1 is 1.18 bits per heavy atom. The summed E-state index contributed by atoms with van der Waals surface area (Å²) in [7, 11) is 0. The minimum absolute atomic E-state index is 0.0559. The fraction of sp³-hybridized carbons (Fsp3) is 0.828. The summed E-state index contributed by atoms with van der Waals surface area (Å²) in [6, 6.07) is -0.910. The molecule has 224 valence electrons. The van der Waals surface area contributed by atoms with Crippen LogP contribution in [0.4, 0.5) is 9.18 Å². The number of nitrogens with two attached hydrogens (primary N) is 1. The molecule has 2 saturated heterocycles. The number of amides is 2. The zero-order chi connectivity index (χ0) is 28.6. The maximum atomic E-state index is 16.1. The summed E-state index contributed by atoms with van der Waals surface area (Å²) in [5, 5.41) is 5.80. The highest BCUT2D eigenvalue weighted by Crippen LogP contribution is 2.47. The van der Waals surface area contributed by atoms with E-state index in [0.29, 0.717) is 32.6 Å². The third-order valence-electron chi connectivity index (χ3n) is 9.07. The lowest BCUT2D eigenvalue weighted by Gasteiger charge is -2.60. The molecule has 40 heavy (non-hydrogen) atoms. The largest absolute Gasteiger partial charge is 0.444 e. The minimum atomic E-state index is -1.29. The molecular formula is C29H46FN5O5. The number of rotatable bonds is 7. The molecule has 4 fully saturated rings. The van der Waals surface area contributed by atoms with Gasteiger partial charge in [0.2, 0.25) is 0 Å². The van der Waals surface area contributed by atoms with Crippen molar-refractivity contribution in [1.82, 2.24) is 20.4 Å². The second-order valence-corrected chi connectivity index (χ2v) is 13.1. The number of hydrogen-bond acceptors (Lipinski definition) is 8. The van der Waals surface area contributed by atoms with Gasteiger partial charge in [-0.2, -0.15) is 0 Å². The molecule has 5 rings (SSSR count). The van der Waals surface area contributed by atoms with Crippen LogP contribution in [-0.2, 0) is 19.1 Å². The predicted octanol–water partition coefficient (Wildman–Crippen LogP) is 2.01. The normalized spacial score (nSPS) is 35.9. The van der Waals surface area contributed by atoms with E-state index in [1.165, 1.54) is 0 Å². The quantitative estimate of drug-likeness (QED) is 0.317. The second-order valence-electron chi connectivity index (χ2n) is 13.1. The number of alkyl halides is 1. The van der Waals surface area contributed by atoms with Gasteiger partial charge in [-0.05, 0) is 65.8 Å². The zero-order valence-corrected chi connectivity index (χ0v) is 24.1. The van der Waals surface area contributed by atoms with Gasteiger partial charge in [0, 0.05) is 37.8 Å². The summed E-state index contributed by atoms with van der Waals surface area (Å²) in [6.45, 7) is 7.58. The molecule has 0 bridgehead atoms. The van der Waals surface area contributed by atoms with Crippen molar-refractivity contribution in [2.75, 3.05) is 26.2 Å². The first-order chi connectivity index (χ1) is 19.1. The Morgan fingerprint density at radius 3 is 2.70 bits per heavy atom.